The fraction of sp³-hybridized carbons (Fsp3) is 0.556. The average Bonchev–Trinajstić information content (AvgIpc) is 2.61. The molecular weight excluding hydrogens is 182 g/mol. The number of nitrogens with zero attached hydrogens (tertiary/aromatic N) is 3. The van der Waals surface area contributed by atoms with E-state index in [2.05, 4.69) is 15.2 Å². The monoisotopic (exact) mass is 193 g/mol. The van der Waals surface area contributed by atoms with Gasteiger partial charge in [-0.1, -0.05) is 0 Å². The van der Waals surface area contributed by atoms with E-state index in [1.165, 1.54) is 0 Å². The van der Waals surface area contributed by atoms with E-state index in [-0.39, 0.29) is 6.42 Å². The molecule has 0 spiro atoms. The number of carbonyl (C=O) groups is 1. The first-order valence-corrected chi connectivity index (χ1v) is 4.69. The second kappa shape index (κ2) is 3.69. The van der Waals surface area contributed by atoms with E-state index in [9.17, 15) is 4.79 Å². The highest BCUT2D eigenvalue weighted by Gasteiger charge is 2.15. The van der Waals surface area contributed by atoms with Crippen molar-refractivity contribution in [3.05, 3.63) is 17.2 Å². The minimum atomic E-state index is -0.825. The van der Waals surface area contributed by atoms with Crippen molar-refractivity contribution >= 4 is 5.97 Å². The third-order valence-electron chi connectivity index (χ3n) is 2.27. The van der Waals surface area contributed by atoms with E-state index in [4.69, 9.17) is 5.11 Å². The van der Waals surface area contributed by atoms with Crippen LogP contribution < -0.4 is 0 Å². The molecule has 0 fully saturated rings. The van der Waals surface area contributed by atoms with Crippen LogP contribution in [0.2, 0.25) is 0 Å². The molecule has 1 aliphatic carbocycles. The van der Waals surface area contributed by atoms with E-state index >= 15 is 0 Å². The fourth-order valence-corrected chi connectivity index (χ4v) is 1.56. The molecule has 1 aliphatic rings. The molecule has 1 heterocycles. The summed E-state index contributed by atoms with van der Waals surface area (Å²) in [4.78, 5) is 14.6. The van der Waals surface area contributed by atoms with Gasteiger partial charge >= 0.3 is 5.97 Å². The lowest BCUT2D eigenvalue weighted by atomic mass is 10.3. The zero-order chi connectivity index (χ0) is 9.97. The molecule has 5 nitrogen and oxygen atoms in total. The lowest BCUT2D eigenvalue weighted by Gasteiger charge is -1.99. The van der Waals surface area contributed by atoms with Crippen LogP contribution in [0.25, 0.3) is 0 Å². The summed E-state index contributed by atoms with van der Waals surface area (Å²) in [5, 5.41) is 16.4. The first-order valence-electron chi connectivity index (χ1n) is 4.69. The van der Waals surface area contributed by atoms with Crippen molar-refractivity contribution in [2.75, 3.05) is 0 Å². The van der Waals surface area contributed by atoms with Crippen molar-refractivity contribution in [3.63, 3.8) is 0 Å². The molecule has 0 aliphatic heterocycles. The average molecular weight is 193 g/mol. The highest BCUT2D eigenvalue weighted by Crippen LogP contribution is 2.16. The van der Waals surface area contributed by atoms with Gasteiger partial charge < -0.3 is 5.11 Å². The predicted molar refractivity (Wildman–Crippen MR) is 47.8 cm³/mol. The van der Waals surface area contributed by atoms with Crippen LogP contribution in [0.4, 0.5) is 0 Å². The Bertz CT molecular complexity index is 365. The standard InChI is InChI=1S/C9H11N3O2/c13-9(14)5-4-8-10-6-2-1-3-7(6)11-12-8/h1-5H2,(H,13,14). The molecule has 0 saturated carbocycles. The number of hydrogen-bond acceptors (Lipinski definition) is 4. The smallest absolute Gasteiger partial charge is 0.303 e. The maximum atomic E-state index is 10.3. The van der Waals surface area contributed by atoms with Gasteiger partial charge in [0.25, 0.3) is 0 Å². The summed E-state index contributed by atoms with van der Waals surface area (Å²) in [5.41, 5.74) is 1.98. The van der Waals surface area contributed by atoms with Crippen LogP contribution in [-0.2, 0) is 24.1 Å². The maximum absolute atomic E-state index is 10.3. The summed E-state index contributed by atoms with van der Waals surface area (Å²) >= 11 is 0. The summed E-state index contributed by atoms with van der Waals surface area (Å²) in [7, 11) is 0. The van der Waals surface area contributed by atoms with Crippen molar-refractivity contribution in [2.24, 2.45) is 0 Å². The van der Waals surface area contributed by atoms with Crippen molar-refractivity contribution in [1.29, 1.82) is 0 Å². The van der Waals surface area contributed by atoms with E-state index in [0.29, 0.717) is 12.2 Å². The molecule has 1 aromatic rings. The van der Waals surface area contributed by atoms with Crippen LogP contribution in [0.15, 0.2) is 0 Å². The van der Waals surface area contributed by atoms with Crippen LogP contribution in [0.3, 0.4) is 0 Å². The maximum Gasteiger partial charge on any atom is 0.303 e. The minimum absolute atomic E-state index is 0.0699. The van der Waals surface area contributed by atoms with E-state index in [0.717, 1.165) is 30.7 Å². The number of aromatic nitrogens is 3. The molecular formula is C9H11N3O2. The lowest BCUT2D eigenvalue weighted by Crippen LogP contribution is -2.06. The number of carboxylic acids is 1. The van der Waals surface area contributed by atoms with Crippen LogP contribution >= 0.6 is 0 Å². The van der Waals surface area contributed by atoms with Gasteiger partial charge in [-0.2, -0.15) is 5.10 Å². The molecule has 1 aromatic heterocycles. The molecule has 0 atom stereocenters. The summed E-state index contributed by atoms with van der Waals surface area (Å²) in [6.45, 7) is 0. The Balaban J connectivity index is 2.09. The van der Waals surface area contributed by atoms with Crippen LogP contribution in [-0.4, -0.2) is 26.3 Å². The molecule has 0 bridgehead atoms. The van der Waals surface area contributed by atoms with Crippen LogP contribution in [0, 0.1) is 0 Å². The largest absolute Gasteiger partial charge is 0.481 e. The predicted octanol–water partition coefficient (Wildman–Crippen LogP) is 0.377. The zero-order valence-electron chi connectivity index (χ0n) is 7.73. The number of rotatable bonds is 3. The molecule has 14 heavy (non-hydrogen) atoms. The van der Waals surface area contributed by atoms with Crippen LogP contribution in [0.1, 0.15) is 30.1 Å². The van der Waals surface area contributed by atoms with Crippen molar-refractivity contribution < 1.29 is 9.90 Å². The van der Waals surface area contributed by atoms with Gasteiger partial charge in [0.05, 0.1) is 17.8 Å². The Labute approximate surface area is 81.2 Å². The molecule has 1 N–H and O–H groups in total. The van der Waals surface area contributed by atoms with E-state index in [1.54, 1.807) is 0 Å². The number of aliphatic carboxylic acids is 1. The van der Waals surface area contributed by atoms with Gasteiger partial charge in [-0.25, -0.2) is 4.98 Å². The summed E-state index contributed by atoms with van der Waals surface area (Å²) in [6, 6.07) is 0. The van der Waals surface area contributed by atoms with E-state index in [1.807, 2.05) is 0 Å². The normalized spacial score (nSPS) is 14.0. The molecule has 0 aromatic carbocycles. The Morgan fingerprint density at radius 1 is 1.29 bits per heavy atom. The van der Waals surface area contributed by atoms with Crippen molar-refractivity contribution in [3.8, 4) is 0 Å². The topological polar surface area (TPSA) is 76.0 Å². The van der Waals surface area contributed by atoms with Gasteiger partial charge in [-0.3, -0.25) is 4.79 Å². The third kappa shape index (κ3) is 1.86. The SMILES string of the molecule is O=C(O)CCc1nnc2c(n1)CCC2. The van der Waals surface area contributed by atoms with Gasteiger partial charge in [0.15, 0.2) is 5.82 Å². The van der Waals surface area contributed by atoms with Crippen LogP contribution in [0.5, 0.6) is 0 Å². The van der Waals surface area contributed by atoms with Crippen molar-refractivity contribution in [1.82, 2.24) is 15.2 Å². The van der Waals surface area contributed by atoms with Gasteiger partial charge in [-0.05, 0) is 19.3 Å². The highest BCUT2D eigenvalue weighted by molar-refractivity contribution is 5.66. The minimum Gasteiger partial charge on any atom is -0.481 e. The first-order chi connectivity index (χ1) is 6.75. The quantitative estimate of drug-likeness (QED) is 0.750. The summed E-state index contributed by atoms with van der Waals surface area (Å²) in [5.74, 6) is -0.276. The Morgan fingerprint density at radius 2 is 2.07 bits per heavy atom. The highest BCUT2D eigenvalue weighted by atomic mass is 16.4. The number of aryl methyl sites for hydroxylation is 3. The Morgan fingerprint density at radius 3 is 2.86 bits per heavy atom. The lowest BCUT2D eigenvalue weighted by molar-refractivity contribution is -0.137. The Hall–Kier alpha value is -1.52. The molecule has 0 radical (unpaired) electrons. The molecule has 0 unspecified atom stereocenters. The molecule has 5 heteroatoms. The van der Waals surface area contributed by atoms with Gasteiger partial charge in [-0.15, -0.1) is 5.10 Å². The molecule has 0 amide bonds. The van der Waals surface area contributed by atoms with Gasteiger partial charge in [0, 0.05) is 6.42 Å². The van der Waals surface area contributed by atoms with E-state index < -0.39 is 5.97 Å². The third-order valence-corrected chi connectivity index (χ3v) is 2.27. The molecule has 2 rings (SSSR count). The first kappa shape index (κ1) is 9.05. The number of fused-ring (bicyclic) bond motifs is 1. The second-order valence-corrected chi connectivity index (χ2v) is 3.37. The zero-order valence-corrected chi connectivity index (χ0v) is 7.73. The number of hydrogen-bond donors (Lipinski definition) is 1. The summed E-state index contributed by atoms with van der Waals surface area (Å²) < 4.78 is 0. The van der Waals surface area contributed by atoms with Gasteiger partial charge in [0.1, 0.15) is 0 Å². The molecule has 0 saturated heterocycles. The fourth-order valence-electron chi connectivity index (χ4n) is 1.56. The van der Waals surface area contributed by atoms with Crippen molar-refractivity contribution in [2.45, 2.75) is 32.1 Å². The van der Waals surface area contributed by atoms with Gasteiger partial charge in [0.2, 0.25) is 0 Å². The second-order valence-electron chi connectivity index (χ2n) is 3.37. The summed E-state index contributed by atoms with van der Waals surface area (Å²) in [6.07, 6.45) is 3.43. The number of carboxylic acid groups (broad SMARTS) is 1. The molecule has 74 valence electrons. The Kier molecular flexibility index (Phi) is 2.39.